The number of benzene rings is 5. The van der Waals surface area contributed by atoms with Crippen LogP contribution in [0.5, 0.6) is 0 Å². The Bertz CT molecular complexity index is 2370. The Morgan fingerprint density at radius 1 is 0.683 bits per heavy atom. The quantitative estimate of drug-likeness (QED) is 0.0460. The lowest BCUT2D eigenvalue weighted by atomic mass is 9.58. The van der Waals surface area contributed by atoms with Crippen LogP contribution in [-0.4, -0.2) is 44.5 Å². The van der Waals surface area contributed by atoms with E-state index in [0.717, 1.165) is 34.4 Å². The van der Waals surface area contributed by atoms with Crippen LogP contribution >= 0.6 is 8.07 Å². The van der Waals surface area contributed by atoms with E-state index in [2.05, 4.69) is 132 Å². The Labute approximate surface area is 358 Å². The van der Waals surface area contributed by atoms with Crippen LogP contribution in [0.15, 0.2) is 97.1 Å². The highest BCUT2D eigenvalue weighted by Crippen LogP contribution is 2.63. The Morgan fingerprint density at radius 2 is 1.23 bits per heavy atom. The summed E-state index contributed by atoms with van der Waals surface area (Å²) < 4.78 is 13.8. The van der Waals surface area contributed by atoms with Crippen molar-refractivity contribution in [3.05, 3.63) is 136 Å². The van der Waals surface area contributed by atoms with Crippen molar-refractivity contribution in [3.8, 4) is 0 Å². The molecule has 3 aliphatic carbocycles. The van der Waals surface area contributed by atoms with Crippen molar-refractivity contribution in [1.29, 1.82) is 0 Å². The summed E-state index contributed by atoms with van der Waals surface area (Å²) in [6, 6.07) is 35.4. The zero-order valence-corrected chi connectivity index (χ0v) is 36.7. The molecule has 6 nitrogen and oxygen atoms in total. The molecule has 0 amide bonds. The van der Waals surface area contributed by atoms with Gasteiger partial charge in [-0.2, -0.15) is 0 Å². The fourth-order valence-electron chi connectivity index (χ4n) is 11.3. The van der Waals surface area contributed by atoms with Gasteiger partial charge in [0, 0.05) is 36.1 Å². The monoisotopic (exact) mass is 816 g/mol. The van der Waals surface area contributed by atoms with E-state index < -0.39 is 25.4 Å². The van der Waals surface area contributed by atoms with E-state index in [1.807, 2.05) is 0 Å². The average molecular weight is 817 g/mol. The molecule has 0 N–H and O–H groups in total. The summed E-state index contributed by atoms with van der Waals surface area (Å²) >= 11 is 0. The maximum Gasteiger partial charge on any atom is 0.415 e. The zero-order chi connectivity index (χ0) is 41.4. The molecule has 0 unspecified atom stereocenters. The summed E-state index contributed by atoms with van der Waals surface area (Å²) in [5.74, 6) is -1.06. The molecular weight excluding hydrogens is 758 g/mol. The van der Waals surface area contributed by atoms with Gasteiger partial charge in [0.1, 0.15) is 0 Å². The van der Waals surface area contributed by atoms with Gasteiger partial charge in [0.25, 0.3) is 0 Å². The van der Waals surface area contributed by atoms with Crippen LogP contribution in [0.4, 0.5) is 11.4 Å². The Morgan fingerprint density at radius 3 is 1.82 bits per heavy atom. The number of esters is 2. The van der Waals surface area contributed by atoms with E-state index in [9.17, 15) is 9.59 Å². The van der Waals surface area contributed by atoms with Gasteiger partial charge in [-0.05, 0) is 121 Å². The first-order valence-electron chi connectivity index (χ1n) is 22.3. The summed E-state index contributed by atoms with van der Waals surface area (Å²) in [4.78, 5) is 30.4. The van der Waals surface area contributed by atoms with Crippen LogP contribution in [0, 0.1) is 19.3 Å². The SMILES string of the molecule is COC(=O)C1(C(=O)OC)Cc2c(C)c(/C=C/c3ccccc3)c(B3N(Cc4ccccc4)c4cccc5cccc(c45)N3P(C3CCCCC3)C3CCCCC3)c(C)c2C1. The van der Waals surface area contributed by atoms with Gasteiger partial charge in [0.05, 0.1) is 14.2 Å². The number of rotatable bonds is 10. The van der Waals surface area contributed by atoms with E-state index in [4.69, 9.17) is 9.47 Å². The van der Waals surface area contributed by atoms with Gasteiger partial charge in [-0.25, -0.2) is 0 Å². The van der Waals surface area contributed by atoms with Crippen LogP contribution in [0.1, 0.15) is 103 Å². The van der Waals surface area contributed by atoms with Crippen LogP contribution in [-0.2, 0) is 38.4 Å². The lowest BCUT2D eigenvalue weighted by molar-refractivity contribution is -0.168. The van der Waals surface area contributed by atoms with E-state index >= 15 is 0 Å². The topological polar surface area (TPSA) is 59.1 Å². The van der Waals surface area contributed by atoms with Crippen molar-refractivity contribution in [3.63, 3.8) is 0 Å². The number of carbonyl (C=O) groups is 2. The van der Waals surface area contributed by atoms with Gasteiger partial charge in [0.15, 0.2) is 5.41 Å². The van der Waals surface area contributed by atoms with E-state index in [1.54, 1.807) is 0 Å². The standard InChI is InChI=1S/C52H58BN2O4P/c1-36-43(32-31-38-19-9-5-10-20-38)49(37(2)45-34-52(33-44(36)45,50(56)58-3)51(57)59-4)53-54(35-39-21-11-6-12-22-39)46-29-17-23-40-24-18-30-47(48(40)46)55(53)60(41-25-13-7-14-26-41)42-27-15-8-16-28-42/h5-6,9-12,17-24,29-32,41-42H,7-8,13-16,25-28,33-35H2,1-4H3/b32-31+. The lowest BCUT2D eigenvalue weighted by Gasteiger charge is -2.53. The summed E-state index contributed by atoms with van der Waals surface area (Å²) in [6.07, 6.45) is 18.1. The second-order valence-electron chi connectivity index (χ2n) is 17.6. The van der Waals surface area contributed by atoms with Crippen molar-refractivity contribution in [2.24, 2.45) is 5.41 Å². The lowest BCUT2D eigenvalue weighted by Crippen LogP contribution is -2.63. The predicted molar refractivity (Wildman–Crippen MR) is 250 cm³/mol. The number of ether oxygens (including phenoxy) is 2. The second-order valence-corrected chi connectivity index (χ2v) is 20.3. The molecule has 2 fully saturated rings. The number of anilines is 2. The third-order valence-electron chi connectivity index (χ3n) is 14.3. The largest absolute Gasteiger partial charge is 0.468 e. The molecule has 0 aromatic heterocycles. The average Bonchev–Trinajstić information content (AvgIpc) is 3.73. The van der Waals surface area contributed by atoms with Crippen LogP contribution in [0.3, 0.4) is 0 Å². The Kier molecular flexibility index (Phi) is 11.7. The minimum atomic E-state index is -1.44. The Hall–Kier alpha value is -4.87. The molecular formula is C52H58BN2O4P. The van der Waals surface area contributed by atoms with E-state index in [0.29, 0.717) is 11.3 Å². The molecule has 0 atom stereocenters. The normalized spacial score (nSPS) is 18.1. The molecule has 8 heteroatoms. The number of fused-ring (bicyclic) bond motifs is 1. The molecule has 2 saturated carbocycles. The number of methoxy groups -OCH3 is 2. The molecule has 1 heterocycles. The number of hydrogen-bond acceptors (Lipinski definition) is 6. The molecule has 5 aromatic rings. The third kappa shape index (κ3) is 7.15. The van der Waals surface area contributed by atoms with Crippen molar-refractivity contribution >= 4 is 66.8 Å². The zero-order valence-electron chi connectivity index (χ0n) is 35.8. The maximum absolute atomic E-state index is 13.8. The summed E-state index contributed by atoms with van der Waals surface area (Å²) in [5.41, 5.74) is 11.7. The highest BCUT2D eigenvalue weighted by Gasteiger charge is 2.55. The summed E-state index contributed by atoms with van der Waals surface area (Å²) in [5, 5.41) is 2.62. The molecule has 308 valence electrons. The molecule has 5 aromatic carbocycles. The molecule has 0 radical (unpaired) electrons. The smallest absolute Gasteiger partial charge is 0.415 e. The van der Waals surface area contributed by atoms with Gasteiger partial charge >= 0.3 is 18.9 Å². The predicted octanol–water partition coefficient (Wildman–Crippen LogP) is 11.3. The summed E-state index contributed by atoms with van der Waals surface area (Å²) in [6.45, 7) is 5.07. The van der Waals surface area contributed by atoms with Crippen molar-refractivity contribution < 1.29 is 19.1 Å². The fourth-order valence-corrected chi connectivity index (χ4v) is 15.3. The molecule has 4 aliphatic rings. The Balaban J connectivity index is 1.37. The van der Waals surface area contributed by atoms with E-state index in [1.165, 1.54) is 117 Å². The van der Waals surface area contributed by atoms with Gasteiger partial charge in [-0.3, -0.25) is 9.59 Å². The van der Waals surface area contributed by atoms with Crippen LogP contribution in [0.2, 0.25) is 0 Å². The van der Waals surface area contributed by atoms with E-state index in [-0.39, 0.29) is 19.8 Å². The van der Waals surface area contributed by atoms with Gasteiger partial charge < -0.3 is 18.9 Å². The first kappa shape index (κ1) is 40.5. The fraction of sp³-hybridized carbons (Fsp3) is 0.385. The second kappa shape index (κ2) is 17.2. The minimum absolute atomic E-state index is 0.147. The number of nitrogens with zero attached hydrogens (tertiary/aromatic N) is 2. The molecule has 60 heavy (non-hydrogen) atoms. The first-order chi connectivity index (χ1) is 29.3. The number of hydrogen-bond donors (Lipinski definition) is 0. The van der Waals surface area contributed by atoms with Crippen molar-refractivity contribution in [2.45, 2.75) is 109 Å². The van der Waals surface area contributed by atoms with Gasteiger partial charge in [-0.15, -0.1) is 0 Å². The molecule has 0 spiro atoms. The first-order valence-corrected chi connectivity index (χ1v) is 23.7. The maximum atomic E-state index is 13.8. The van der Waals surface area contributed by atoms with Crippen molar-refractivity contribution in [2.75, 3.05) is 23.6 Å². The number of carbonyl (C=O) groups excluding carboxylic acids is 2. The molecule has 9 rings (SSSR count). The highest BCUT2D eigenvalue weighted by atomic mass is 31.1. The highest BCUT2D eigenvalue weighted by molar-refractivity contribution is 7.63. The van der Waals surface area contributed by atoms with Crippen LogP contribution < -0.4 is 14.9 Å². The molecule has 0 bridgehead atoms. The third-order valence-corrected chi connectivity index (χ3v) is 17.7. The molecule has 1 aliphatic heterocycles. The van der Waals surface area contributed by atoms with Crippen LogP contribution in [0.25, 0.3) is 22.9 Å². The summed E-state index contributed by atoms with van der Waals surface area (Å²) in [7, 11) is 2.12. The molecule has 0 saturated heterocycles. The van der Waals surface area contributed by atoms with Crippen molar-refractivity contribution in [1.82, 2.24) is 0 Å². The van der Waals surface area contributed by atoms with Gasteiger partial charge in [0.2, 0.25) is 0 Å². The minimum Gasteiger partial charge on any atom is -0.468 e. The van der Waals surface area contributed by atoms with Gasteiger partial charge in [-0.1, -0.05) is 136 Å².